The number of hydrogen-bond donors (Lipinski definition) is 1. The van der Waals surface area contributed by atoms with Crippen LogP contribution in [-0.4, -0.2) is 55.0 Å². The molecule has 1 N–H and O–H groups in total. The second-order valence-electron chi connectivity index (χ2n) is 6.84. The number of carbonyl (C=O) groups excluding carboxylic acids is 1. The molecule has 3 rings (SSSR count). The fourth-order valence-electron chi connectivity index (χ4n) is 3.27. The summed E-state index contributed by atoms with van der Waals surface area (Å²) in [5.74, 6) is 0.741. The van der Waals surface area contributed by atoms with Gasteiger partial charge in [0.1, 0.15) is 5.75 Å². The number of nitrogens with one attached hydrogen (secondary N) is 1. The van der Waals surface area contributed by atoms with Gasteiger partial charge in [0.05, 0.1) is 13.2 Å². The SMILES string of the molecule is COc1cccc(NC(=O)[C@@H](C)N2CCN(Cc3ccc(Cl)cc3)CC2)c1. The molecular weight excluding hydrogens is 362 g/mol. The zero-order valence-electron chi connectivity index (χ0n) is 15.8. The predicted molar refractivity (Wildman–Crippen MR) is 109 cm³/mol. The summed E-state index contributed by atoms with van der Waals surface area (Å²) >= 11 is 5.95. The number of piperazine rings is 1. The average Bonchev–Trinajstić information content (AvgIpc) is 2.70. The summed E-state index contributed by atoms with van der Waals surface area (Å²) in [6.07, 6.45) is 0. The number of rotatable bonds is 6. The summed E-state index contributed by atoms with van der Waals surface area (Å²) in [4.78, 5) is 17.2. The highest BCUT2D eigenvalue weighted by Gasteiger charge is 2.25. The average molecular weight is 388 g/mol. The maximum absolute atomic E-state index is 12.6. The predicted octanol–water partition coefficient (Wildman–Crippen LogP) is 3.49. The van der Waals surface area contributed by atoms with E-state index in [-0.39, 0.29) is 11.9 Å². The lowest BCUT2D eigenvalue weighted by Gasteiger charge is -2.37. The molecule has 1 heterocycles. The molecule has 1 fully saturated rings. The first kappa shape index (κ1) is 19.7. The molecule has 1 amide bonds. The number of hydrogen-bond acceptors (Lipinski definition) is 4. The molecule has 0 radical (unpaired) electrons. The lowest BCUT2D eigenvalue weighted by molar-refractivity contribution is -0.121. The van der Waals surface area contributed by atoms with E-state index in [1.165, 1.54) is 5.56 Å². The molecule has 0 aliphatic carbocycles. The van der Waals surface area contributed by atoms with Crippen molar-refractivity contribution in [2.75, 3.05) is 38.6 Å². The Kier molecular flexibility index (Phi) is 6.72. The molecule has 1 saturated heterocycles. The van der Waals surface area contributed by atoms with Gasteiger partial charge in [0, 0.05) is 49.5 Å². The van der Waals surface area contributed by atoms with Gasteiger partial charge >= 0.3 is 0 Å². The third-order valence-electron chi connectivity index (χ3n) is 4.99. The van der Waals surface area contributed by atoms with Crippen molar-refractivity contribution in [1.29, 1.82) is 0 Å². The Bertz CT molecular complexity index is 758. The summed E-state index contributed by atoms with van der Waals surface area (Å²) in [5.41, 5.74) is 2.02. The van der Waals surface area contributed by atoms with Crippen LogP contribution in [0.3, 0.4) is 0 Å². The van der Waals surface area contributed by atoms with Crippen LogP contribution in [0, 0.1) is 0 Å². The van der Waals surface area contributed by atoms with E-state index < -0.39 is 0 Å². The van der Waals surface area contributed by atoms with Crippen molar-refractivity contribution in [2.24, 2.45) is 0 Å². The van der Waals surface area contributed by atoms with Crippen molar-refractivity contribution in [3.05, 3.63) is 59.1 Å². The summed E-state index contributed by atoms with van der Waals surface area (Å²) in [7, 11) is 1.62. The van der Waals surface area contributed by atoms with Crippen molar-refractivity contribution in [3.8, 4) is 5.75 Å². The first-order valence-electron chi connectivity index (χ1n) is 9.21. The van der Waals surface area contributed by atoms with E-state index in [2.05, 4.69) is 27.2 Å². The molecule has 1 atom stereocenters. The van der Waals surface area contributed by atoms with E-state index in [1.54, 1.807) is 7.11 Å². The van der Waals surface area contributed by atoms with Crippen molar-refractivity contribution in [2.45, 2.75) is 19.5 Å². The number of amides is 1. The van der Waals surface area contributed by atoms with Gasteiger partial charge in [0.15, 0.2) is 0 Å². The minimum absolute atomic E-state index is 0.00871. The minimum Gasteiger partial charge on any atom is -0.497 e. The topological polar surface area (TPSA) is 44.8 Å². The van der Waals surface area contributed by atoms with Crippen LogP contribution in [0.5, 0.6) is 5.75 Å². The van der Waals surface area contributed by atoms with Crippen molar-refractivity contribution in [3.63, 3.8) is 0 Å². The molecule has 0 saturated carbocycles. The van der Waals surface area contributed by atoms with Gasteiger partial charge in [-0.25, -0.2) is 0 Å². The van der Waals surface area contributed by atoms with E-state index in [0.29, 0.717) is 0 Å². The molecule has 144 valence electrons. The van der Waals surface area contributed by atoms with E-state index in [1.807, 2.05) is 43.3 Å². The van der Waals surface area contributed by atoms with Gasteiger partial charge in [-0.2, -0.15) is 0 Å². The molecule has 0 bridgehead atoms. The van der Waals surface area contributed by atoms with Crippen molar-refractivity contribution < 1.29 is 9.53 Å². The van der Waals surface area contributed by atoms with Crippen LogP contribution in [0.2, 0.25) is 5.02 Å². The number of nitrogens with zero attached hydrogens (tertiary/aromatic N) is 2. The summed E-state index contributed by atoms with van der Waals surface area (Å²) in [5, 5.41) is 3.75. The second-order valence-corrected chi connectivity index (χ2v) is 7.27. The number of carbonyl (C=O) groups is 1. The Labute approximate surface area is 165 Å². The number of benzene rings is 2. The molecule has 0 aromatic heterocycles. The maximum Gasteiger partial charge on any atom is 0.241 e. The van der Waals surface area contributed by atoms with Gasteiger partial charge in [0.25, 0.3) is 0 Å². The van der Waals surface area contributed by atoms with E-state index in [4.69, 9.17) is 16.3 Å². The zero-order chi connectivity index (χ0) is 19.2. The molecule has 2 aromatic carbocycles. The molecular formula is C21H26ClN3O2. The molecule has 27 heavy (non-hydrogen) atoms. The van der Waals surface area contributed by atoms with Gasteiger partial charge in [0.2, 0.25) is 5.91 Å². The third kappa shape index (κ3) is 5.45. The number of ether oxygens (including phenoxy) is 1. The fourth-order valence-corrected chi connectivity index (χ4v) is 3.40. The minimum atomic E-state index is -0.172. The van der Waals surface area contributed by atoms with E-state index >= 15 is 0 Å². The third-order valence-corrected chi connectivity index (χ3v) is 5.24. The van der Waals surface area contributed by atoms with E-state index in [9.17, 15) is 4.79 Å². The lowest BCUT2D eigenvalue weighted by atomic mass is 10.1. The Morgan fingerprint density at radius 2 is 1.85 bits per heavy atom. The Morgan fingerprint density at radius 3 is 2.52 bits per heavy atom. The van der Waals surface area contributed by atoms with Crippen LogP contribution < -0.4 is 10.1 Å². The fraction of sp³-hybridized carbons (Fsp3) is 0.381. The second kappa shape index (κ2) is 9.22. The quantitative estimate of drug-likeness (QED) is 0.824. The number of methoxy groups -OCH3 is 1. The van der Waals surface area contributed by atoms with Crippen LogP contribution in [0.15, 0.2) is 48.5 Å². The number of anilines is 1. The highest BCUT2D eigenvalue weighted by Crippen LogP contribution is 2.18. The highest BCUT2D eigenvalue weighted by molar-refractivity contribution is 6.30. The van der Waals surface area contributed by atoms with Gasteiger partial charge in [-0.1, -0.05) is 29.8 Å². The highest BCUT2D eigenvalue weighted by atomic mass is 35.5. The zero-order valence-corrected chi connectivity index (χ0v) is 16.6. The van der Waals surface area contributed by atoms with Crippen LogP contribution in [-0.2, 0) is 11.3 Å². The monoisotopic (exact) mass is 387 g/mol. The van der Waals surface area contributed by atoms with Gasteiger partial charge < -0.3 is 10.1 Å². The molecule has 6 heteroatoms. The molecule has 1 aliphatic rings. The first-order valence-corrected chi connectivity index (χ1v) is 9.59. The van der Waals surface area contributed by atoms with Crippen LogP contribution >= 0.6 is 11.6 Å². The summed E-state index contributed by atoms with van der Waals surface area (Å²) in [6.45, 7) is 6.51. The standard InChI is InChI=1S/C21H26ClN3O2/c1-16(21(26)23-19-4-3-5-20(14-19)27-2)25-12-10-24(11-13-25)15-17-6-8-18(22)9-7-17/h3-9,14,16H,10-13,15H2,1-2H3,(H,23,26)/t16-/m1/s1. The van der Waals surface area contributed by atoms with Gasteiger partial charge in [-0.15, -0.1) is 0 Å². The molecule has 0 spiro atoms. The largest absolute Gasteiger partial charge is 0.497 e. The van der Waals surface area contributed by atoms with Gasteiger partial charge in [-0.05, 0) is 36.8 Å². The van der Waals surface area contributed by atoms with Gasteiger partial charge in [-0.3, -0.25) is 14.6 Å². The smallest absolute Gasteiger partial charge is 0.241 e. The molecule has 5 nitrogen and oxygen atoms in total. The Morgan fingerprint density at radius 1 is 1.15 bits per heavy atom. The normalized spacial score (nSPS) is 16.7. The van der Waals surface area contributed by atoms with Crippen LogP contribution in [0.1, 0.15) is 12.5 Å². The van der Waals surface area contributed by atoms with Crippen molar-refractivity contribution >= 4 is 23.2 Å². The molecule has 0 unspecified atom stereocenters. The van der Waals surface area contributed by atoms with Crippen LogP contribution in [0.25, 0.3) is 0 Å². The van der Waals surface area contributed by atoms with E-state index in [0.717, 1.165) is 49.2 Å². The maximum atomic E-state index is 12.6. The summed E-state index contributed by atoms with van der Waals surface area (Å²) in [6, 6.07) is 15.3. The first-order chi connectivity index (χ1) is 13.0. The lowest BCUT2D eigenvalue weighted by Crippen LogP contribution is -2.52. The Hall–Kier alpha value is -2.08. The molecule has 2 aromatic rings. The van der Waals surface area contributed by atoms with Crippen molar-refractivity contribution in [1.82, 2.24) is 9.80 Å². The summed E-state index contributed by atoms with van der Waals surface area (Å²) < 4.78 is 5.21. The van der Waals surface area contributed by atoms with Crippen LogP contribution in [0.4, 0.5) is 5.69 Å². The molecule has 1 aliphatic heterocycles. The number of halogens is 1. The Balaban J connectivity index is 1.49.